The SMILES string of the molecule is COc1ccc(-n2c3c(cc(Cc4cccc([N+](=O)[O-])c4)c2=O)C(=O)CC(C)(C)C3)cc1. The van der Waals surface area contributed by atoms with E-state index in [1.807, 2.05) is 13.8 Å². The third-order valence-corrected chi connectivity index (χ3v) is 5.81. The van der Waals surface area contributed by atoms with E-state index in [2.05, 4.69) is 0 Å². The molecular weight excluding hydrogens is 408 g/mol. The summed E-state index contributed by atoms with van der Waals surface area (Å²) >= 11 is 0. The summed E-state index contributed by atoms with van der Waals surface area (Å²) in [6, 6.07) is 15.0. The molecule has 0 fully saturated rings. The maximum absolute atomic E-state index is 13.6. The summed E-state index contributed by atoms with van der Waals surface area (Å²) in [6.45, 7) is 4.04. The van der Waals surface area contributed by atoms with Crippen LogP contribution in [0.4, 0.5) is 5.69 Å². The largest absolute Gasteiger partial charge is 0.497 e. The van der Waals surface area contributed by atoms with Crippen molar-refractivity contribution in [3.8, 4) is 11.4 Å². The van der Waals surface area contributed by atoms with Crippen molar-refractivity contribution < 1.29 is 14.5 Å². The third kappa shape index (κ3) is 4.06. The van der Waals surface area contributed by atoms with Crippen LogP contribution in [0.5, 0.6) is 5.75 Å². The number of nitrogens with zero attached hydrogens (tertiary/aromatic N) is 2. The number of carbonyl (C=O) groups is 1. The van der Waals surface area contributed by atoms with Crippen molar-refractivity contribution >= 4 is 11.5 Å². The molecule has 32 heavy (non-hydrogen) atoms. The Labute approximate surface area is 185 Å². The number of aromatic nitrogens is 1. The summed E-state index contributed by atoms with van der Waals surface area (Å²) in [5.41, 5.74) is 2.43. The molecule has 1 aromatic heterocycles. The highest BCUT2D eigenvalue weighted by Gasteiger charge is 2.34. The zero-order chi connectivity index (χ0) is 23.0. The first kappa shape index (κ1) is 21.5. The van der Waals surface area contributed by atoms with E-state index >= 15 is 0 Å². The van der Waals surface area contributed by atoms with E-state index in [1.165, 1.54) is 12.1 Å². The van der Waals surface area contributed by atoms with Gasteiger partial charge >= 0.3 is 0 Å². The summed E-state index contributed by atoms with van der Waals surface area (Å²) in [7, 11) is 1.57. The Kier molecular flexibility index (Phi) is 5.42. The van der Waals surface area contributed by atoms with Crippen LogP contribution in [0, 0.1) is 15.5 Å². The number of nitro groups is 1. The minimum atomic E-state index is -0.461. The fourth-order valence-electron chi connectivity index (χ4n) is 4.30. The third-order valence-electron chi connectivity index (χ3n) is 5.81. The van der Waals surface area contributed by atoms with Gasteiger partial charge in [-0.2, -0.15) is 0 Å². The summed E-state index contributed by atoms with van der Waals surface area (Å²) in [4.78, 5) is 37.3. The molecule has 2 aromatic carbocycles. The lowest BCUT2D eigenvalue weighted by atomic mass is 9.75. The summed E-state index contributed by atoms with van der Waals surface area (Å²) in [5, 5.41) is 11.1. The highest BCUT2D eigenvalue weighted by atomic mass is 16.6. The Morgan fingerprint density at radius 1 is 1.06 bits per heavy atom. The van der Waals surface area contributed by atoms with Crippen LogP contribution in [0.15, 0.2) is 59.4 Å². The minimum absolute atomic E-state index is 0.00111. The quantitative estimate of drug-likeness (QED) is 0.437. The van der Waals surface area contributed by atoms with Gasteiger partial charge in [-0.15, -0.1) is 0 Å². The number of benzene rings is 2. The predicted molar refractivity (Wildman–Crippen MR) is 121 cm³/mol. The molecule has 0 saturated carbocycles. The van der Waals surface area contributed by atoms with E-state index in [9.17, 15) is 19.7 Å². The van der Waals surface area contributed by atoms with Gasteiger partial charge < -0.3 is 4.74 Å². The predicted octanol–water partition coefficient (Wildman–Crippen LogP) is 4.50. The normalized spacial score (nSPS) is 14.7. The second kappa shape index (κ2) is 8.07. The molecule has 4 rings (SSSR count). The number of Topliss-reactive ketones (excluding diaryl/α,β-unsaturated/α-hetero) is 1. The van der Waals surface area contributed by atoms with Crippen LogP contribution >= 0.6 is 0 Å². The maximum Gasteiger partial charge on any atom is 0.269 e. The summed E-state index contributed by atoms with van der Waals surface area (Å²) in [6.07, 6.45) is 1.18. The number of rotatable bonds is 5. The van der Waals surface area contributed by atoms with E-state index in [1.54, 1.807) is 54.1 Å². The number of hydrogen-bond acceptors (Lipinski definition) is 5. The van der Waals surface area contributed by atoms with Crippen molar-refractivity contribution in [1.29, 1.82) is 0 Å². The Morgan fingerprint density at radius 3 is 2.44 bits per heavy atom. The zero-order valence-electron chi connectivity index (χ0n) is 18.3. The van der Waals surface area contributed by atoms with Gasteiger partial charge in [0.15, 0.2) is 5.78 Å². The number of ketones is 1. The molecule has 0 amide bonds. The van der Waals surface area contributed by atoms with Crippen molar-refractivity contribution in [2.24, 2.45) is 5.41 Å². The van der Waals surface area contributed by atoms with Crippen molar-refractivity contribution in [3.05, 3.63) is 97.4 Å². The average Bonchev–Trinajstić information content (AvgIpc) is 2.75. The average molecular weight is 432 g/mol. The molecule has 3 aromatic rings. The zero-order valence-corrected chi connectivity index (χ0v) is 18.3. The molecule has 7 nitrogen and oxygen atoms in total. The maximum atomic E-state index is 13.6. The first-order valence-electron chi connectivity index (χ1n) is 10.4. The molecule has 0 spiro atoms. The molecule has 7 heteroatoms. The molecule has 1 aliphatic carbocycles. The number of ether oxygens (including phenoxy) is 1. The molecule has 1 heterocycles. The summed E-state index contributed by atoms with van der Waals surface area (Å²) < 4.78 is 6.85. The highest BCUT2D eigenvalue weighted by molar-refractivity contribution is 5.99. The second-order valence-electron chi connectivity index (χ2n) is 8.91. The van der Waals surface area contributed by atoms with Gasteiger partial charge in [-0.3, -0.25) is 24.3 Å². The molecule has 0 N–H and O–H groups in total. The number of carbonyl (C=O) groups excluding carboxylic acids is 1. The van der Waals surface area contributed by atoms with Crippen molar-refractivity contribution in [1.82, 2.24) is 4.57 Å². The first-order chi connectivity index (χ1) is 15.2. The smallest absolute Gasteiger partial charge is 0.269 e. The van der Waals surface area contributed by atoms with Gasteiger partial charge in [0.05, 0.1) is 12.0 Å². The van der Waals surface area contributed by atoms with Crippen LogP contribution in [0.2, 0.25) is 0 Å². The van der Waals surface area contributed by atoms with E-state index in [4.69, 9.17) is 4.74 Å². The molecule has 0 atom stereocenters. The van der Waals surface area contributed by atoms with Crippen LogP contribution in [0.3, 0.4) is 0 Å². The number of fused-ring (bicyclic) bond motifs is 1. The van der Waals surface area contributed by atoms with Gasteiger partial charge in [-0.1, -0.05) is 26.0 Å². The first-order valence-corrected chi connectivity index (χ1v) is 10.4. The van der Waals surface area contributed by atoms with E-state index in [0.29, 0.717) is 46.7 Å². The monoisotopic (exact) mass is 432 g/mol. The van der Waals surface area contributed by atoms with E-state index in [0.717, 1.165) is 0 Å². The van der Waals surface area contributed by atoms with E-state index in [-0.39, 0.29) is 28.9 Å². The Hall–Kier alpha value is -3.74. The van der Waals surface area contributed by atoms with Gasteiger partial charge in [-0.25, -0.2) is 0 Å². The molecule has 164 valence electrons. The number of methoxy groups -OCH3 is 1. The molecule has 0 unspecified atom stereocenters. The fraction of sp³-hybridized carbons (Fsp3) is 0.280. The molecule has 0 radical (unpaired) electrons. The van der Waals surface area contributed by atoms with Gasteiger partial charge in [-0.05, 0) is 47.7 Å². The lowest BCUT2D eigenvalue weighted by Gasteiger charge is -2.32. The standard InChI is InChI=1S/C25H24N2O5/c1-25(2)14-22-21(23(28)15-25)13-17(11-16-5-4-6-19(12-16)27(30)31)24(29)26(22)18-7-9-20(32-3)10-8-18/h4-10,12-13H,11,14-15H2,1-3H3. The van der Waals surface area contributed by atoms with E-state index < -0.39 is 4.92 Å². The minimum Gasteiger partial charge on any atom is -0.497 e. The molecule has 0 bridgehead atoms. The fourth-order valence-corrected chi connectivity index (χ4v) is 4.30. The van der Waals surface area contributed by atoms with Crippen LogP contribution in [-0.2, 0) is 12.8 Å². The number of nitro benzene ring substituents is 1. The van der Waals surface area contributed by atoms with Crippen LogP contribution in [0.1, 0.15) is 47.4 Å². The number of hydrogen-bond donors (Lipinski definition) is 0. The van der Waals surface area contributed by atoms with Crippen LogP contribution in [0.25, 0.3) is 5.69 Å². The van der Waals surface area contributed by atoms with Crippen molar-refractivity contribution in [2.45, 2.75) is 33.1 Å². The molecule has 1 aliphatic rings. The van der Waals surface area contributed by atoms with Gasteiger partial charge in [0, 0.05) is 47.5 Å². The lowest BCUT2D eigenvalue weighted by Crippen LogP contribution is -2.35. The van der Waals surface area contributed by atoms with Gasteiger partial charge in [0.2, 0.25) is 0 Å². The molecule has 0 saturated heterocycles. The Balaban J connectivity index is 1.90. The van der Waals surface area contributed by atoms with Gasteiger partial charge in [0.25, 0.3) is 11.2 Å². The lowest BCUT2D eigenvalue weighted by molar-refractivity contribution is -0.384. The highest BCUT2D eigenvalue weighted by Crippen LogP contribution is 2.35. The molecule has 0 aliphatic heterocycles. The number of non-ortho nitro benzene ring substituents is 1. The van der Waals surface area contributed by atoms with Gasteiger partial charge in [0.1, 0.15) is 5.75 Å². The van der Waals surface area contributed by atoms with Crippen LogP contribution < -0.4 is 10.3 Å². The van der Waals surface area contributed by atoms with Crippen LogP contribution in [-0.4, -0.2) is 22.4 Å². The number of pyridine rings is 1. The Bertz CT molecular complexity index is 1270. The van der Waals surface area contributed by atoms with Crippen molar-refractivity contribution in [2.75, 3.05) is 7.11 Å². The topological polar surface area (TPSA) is 91.4 Å². The Morgan fingerprint density at radius 2 is 1.78 bits per heavy atom. The summed E-state index contributed by atoms with van der Waals surface area (Å²) in [5.74, 6) is 0.665. The van der Waals surface area contributed by atoms with Crippen molar-refractivity contribution in [3.63, 3.8) is 0 Å². The molecular formula is C25H24N2O5. The second-order valence-corrected chi connectivity index (χ2v) is 8.91.